The van der Waals surface area contributed by atoms with Gasteiger partial charge in [-0.1, -0.05) is 28.1 Å². The van der Waals surface area contributed by atoms with Crippen molar-refractivity contribution in [2.75, 3.05) is 11.9 Å². The molecule has 0 fully saturated rings. The molecule has 0 spiro atoms. The summed E-state index contributed by atoms with van der Waals surface area (Å²) in [5.74, 6) is -0.316. The summed E-state index contributed by atoms with van der Waals surface area (Å²) in [5.41, 5.74) is 1.99. The lowest BCUT2D eigenvalue weighted by molar-refractivity contribution is 0.0655. The predicted octanol–water partition coefficient (Wildman–Crippen LogP) is 2.38. The van der Waals surface area contributed by atoms with Crippen molar-refractivity contribution < 1.29 is 9.59 Å². The minimum Gasteiger partial charge on any atom is -0.274 e. The lowest BCUT2D eigenvalue weighted by Crippen LogP contribution is -2.31. The van der Waals surface area contributed by atoms with E-state index in [1.807, 2.05) is 19.1 Å². The molecule has 1 aromatic rings. The normalized spacial score (nSPS) is 14.5. The number of aryl methyl sites for hydroxylation is 1. The minimum absolute atomic E-state index is 0.154. The van der Waals surface area contributed by atoms with Crippen LogP contribution in [0.1, 0.15) is 32.7 Å². The highest BCUT2D eigenvalue weighted by molar-refractivity contribution is 9.09. The Balaban J connectivity index is 2.37. The molecule has 0 N–H and O–H groups in total. The van der Waals surface area contributed by atoms with E-state index >= 15 is 0 Å². The van der Waals surface area contributed by atoms with Crippen molar-refractivity contribution in [3.05, 3.63) is 34.9 Å². The van der Waals surface area contributed by atoms with E-state index in [0.29, 0.717) is 17.7 Å². The molecule has 1 heterocycles. The van der Waals surface area contributed by atoms with Crippen molar-refractivity contribution in [2.24, 2.45) is 0 Å². The standard InChI is InChI=1S/C12H12BrNO2/c1-8-4-2-5-9-10(8)12(16)14(11(9)15)7-3-6-13/h2,4-5H,3,6-7H2,1H3. The lowest BCUT2D eigenvalue weighted by atomic mass is 10.0. The number of carbonyl (C=O) groups is 2. The van der Waals surface area contributed by atoms with Crippen LogP contribution in [0.15, 0.2) is 18.2 Å². The molecule has 0 aliphatic carbocycles. The number of hydrogen-bond acceptors (Lipinski definition) is 2. The van der Waals surface area contributed by atoms with Gasteiger partial charge in [-0.15, -0.1) is 0 Å². The highest BCUT2D eigenvalue weighted by atomic mass is 79.9. The average molecular weight is 282 g/mol. The van der Waals surface area contributed by atoms with Crippen LogP contribution in [-0.4, -0.2) is 28.6 Å². The third-order valence-electron chi connectivity index (χ3n) is 2.72. The summed E-state index contributed by atoms with van der Waals surface area (Å²) in [6, 6.07) is 5.39. The molecule has 84 valence electrons. The van der Waals surface area contributed by atoms with E-state index in [1.165, 1.54) is 4.90 Å². The molecule has 1 aromatic carbocycles. The quantitative estimate of drug-likeness (QED) is 0.630. The smallest absolute Gasteiger partial charge is 0.261 e. The van der Waals surface area contributed by atoms with Gasteiger partial charge in [0.2, 0.25) is 0 Å². The van der Waals surface area contributed by atoms with Crippen LogP contribution in [0.4, 0.5) is 0 Å². The van der Waals surface area contributed by atoms with Crippen molar-refractivity contribution in [3.63, 3.8) is 0 Å². The molecule has 4 heteroatoms. The highest BCUT2D eigenvalue weighted by Crippen LogP contribution is 2.25. The molecule has 0 aromatic heterocycles. The molecule has 3 nitrogen and oxygen atoms in total. The Morgan fingerprint density at radius 2 is 2.00 bits per heavy atom. The zero-order valence-corrected chi connectivity index (χ0v) is 10.6. The number of halogens is 1. The van der Waals surface area contributed by atoms with Crippen LogP contribution in [0, 0.1) is 6.92 Å². The Bertz CT molecular complexity index is 456. The molecule has 1 aliphatic rings. The first-order valence-corrected chi connectivity index (χ1v) is 6.30. The van der Waals surface area contributed by atoms with Crippen LogP contribution in [0.2, 0.25) is 0 Å². The summed E-state index contributed by atoms with van der Waals surface area (Å²) >= 11 is 3.30. The molecule has 2 amide bonds. The van der Waals surface area contributed by atoms with Gasteiger partial charge >= 0.3 is 0 Å². The number of alkyl halides is 1. The Kier molecular flexibility index (Phi) is 3.10. The SMILES string of the molecule is Cc1cccc2c1C(=O)N(CCCBr)C2=O. The molecule has 0 radical (unpaired) electrons. The van der Waals surface area contributed by atoms with Gasteiger partial charge in [0.1, 0.15) is 0 Å². The summed E-state index contributed by atoms with van der Waals surface area (Å²) < 4.78 is 0. The molecule has 0 saturated heterocycles. The Labute approximate surface area is 103 Å². The van der Waals surface area contributed by atoms with Gasteiger partial charge in [0.15, 0.2) is 0 Å². The average Bonchev–Trinajstić information content (AvgIpc) is 2.51. The van der Waals surface area contributed by atoms with E-state index < -0.39 is 0 Å². The molecule has 1 aliphatic heterocycles. The third-order valence-corrected chi connectivity index (χ3v) is 3.28. The van der Waals surface area contributed by atoms with Gasteiger partial charge in [-0.3, -0.25) is 14.5 Å². The van der Waals surface area contributed by atoms with E-state index in [4.69, 9.17) is 0 Å². The molecule has 0 atom stereocenters. The summed E-state index contributed by atoms with van der Waals surface area (Å²) in [6.45, 7) is 2.34. The first-order valence-electron chi connectivity index (χ1n) is 5.18. The Morgan fingerprint density at radius 3 is 2.62 bits per heavy atom. The van der Waals surface area contributed by atoms with Gasteiger partial charge in [0.25, 0.3) is 11.8 Å². The van der Waals surface area contributed by atoms with Crippen LogP contribution in [-0.2, 0) is 0 Å². The molecule has 0 unspecified atom stereocenters. The first kappa shape index (κ1) is 11.3. The minimum atomic E-state index is -0.162. The fourth-order valence-corrected chi connectivity index (χ4v) is 2.17. The van der Waals surface area contributed by atoms with Gasteiger partial charge in [-0.2, -0.15) is 0 Å². The molecular weight excluding hydrogens is 270 g/mol. The zero-order valence-electron chi connectivity index (χ0n) is 9.00. The maximum atomic E-state index is 12.0. The number of amides is 2. The van der Waals surface area contributed by atoms with E-state index in [0.717, 1.165) is 17.3 Å². The number of rotatable bonds is 3. The second-order valence-corrected chi connectivity index (χ2v) is 4.59. The number of fused-ring (bicyclic) bond motifs is 1. The van der Waals surface area contributed by atoms with Gasteiger partial charge < -0.3 is 0 Å². The lowest BCUT2D eigenvalue weighted by Gasteiger charge is -2.12. The second kappa shape index (κ2) is 4.37. The fourth-order valence-electron chi connectivity index (χ4n) is 1.92. The number of imide groups is 1. The van der Waals surface area contributed by atoms with Crippen LogP contribution < -0.4 is 0 Å². The largest absolute Gasteiger partial charge is 0.274 e. The van der Waals surface area contributed by atoms with Crippen LogP contribution in [0.5, 0.6) is 0 Å². The first-order chi connectivity index (χ1) is 7.66. The number of carbonyl (C=O) groups excluding carboxylic acids is 2. The van der Waals surface area contributed by atoms with Crippen LogP contribution >= 0.6 is 15.9 Å². The van der Waals surface area contributed by atoms with Gasteiger partial charge in [-0.25, -0.2) is 0 Å². The van der Waals surface area contributed by atoms with E-state index in [1.54, 1.807) is 6.07 Å². The zero-order chi connectivity index (χ0) is 11.7. The van der Waals surface area contributed by atoms with E-state index in [-0.39, 0.29) is 11.8 Å². The predicted molar refractivity (Wildman–Crippen MR) is 65.0 cm³/mol. The van der Waals surface area contributed by atoms with Crippen molar-refractivity contribution in [1.82, 2.24) is 4.90 Å². The van der Waals surface area contributed by atoms with Crippen LogP contribution in [0.3, 0.4) is 0 Å². The fraction of sp³-hybridized carbons (Fsp3) is 0.333. The van der Waals surface area contributed by atoms with Gasteiger partial charge in [0.05, 0.1) is 11.1 Å². The molecule has 0 saturated carbocycles. The number of benzene rings is 1. The molecule has 2 rings (SSSR count). The van der Waals surface area contributed by atoms with Gasteiger partial charge in [-0.05, 0) is 25.0 Å². The van der Waals surface area contributed by atoms with Gasteiger partial charge in [0, 0.05) is 11.9 Å². The summed E-state index contributed by atoms with van der Waals surface area (Å²) in [7, 11) is 0. The number of nitrogens with zero attached hydrogens (tertiary/aromatic N) is 1. The highest BCUT2D eigenvalue weighted by Gasteiger charge is 2.35. The topological polar surface area (TPSA) is 37.4 Å². The number of hydrogen-bond donors (Lipinski definition) is 0. The Morgan fingerprint density at radius 1 is 1.25 bits per heavy atom. The maximum absolute atomic E-state index is 12.0. The Hall–Kier alpha value is -1.16. The monoisotopic (exact) mass is 281 g/mol. The third kappa shape index (κ3) is 1.67. The van der Waals surface area contributed by atoms with E-state index in [2.05, 4.69) is 15.9 Å². The van der Waals surface area contributed by atoms with Crippen LogP contribution in [0.25, 0.3) is 0 Å². The molecular formula is C12H12BrNO2. The summed E-state index contributed by atoms with van der Waals surface area (Å²) in [4.78, 5) is 25.3. The van der Waals surface area contributed by atoms with Crippen molar-refractivity contribution >= 4 is 27.7 Å². The van der Waals surface area contributed by atoms with Crippen molar-refractivity contribution in [1.29, 1.82) is 0 Å². The van der Waals surface area contributed by atoms with Crippen molar-refractivity contribution in [3.8, 4) is 0 Å². The second-order valence-electron chi connectivity index (χ2n) is 3.80. The maximum Gasteiger partial charge on any atom is 0.261 e. The summed E-state index contributed by atoms with van der Waals surface area (Å²) in [6.07, 6.45) is 0.782. The van der Waals surface area contributed by atoms with E-state index in [9.17, 15) is 9.59 Å². The van der Waals surface area contributed by atoms with Crippen molar-refractivity contribution in [2.45, 2.75) is 13.3 Å². The summed E-state index contributed by atoms with van der Waals surface area (Å²) in [5, 5.41) is 0.791. The molecule has 16 heavy (non-hydrogen) atoms. The molecule has 0 bridgehead atoms.